The zero-order valence-electron chi connectivity index (χ0n) is 16.2. The Labute approximate surface area is 151 Å². The van der Waals surface area contributed by atoms with Crippen molar-refractivity contribution in [2.45, 2.75) is 52.1 Å². The Morgan fingerprint density at radius 3 is 2.28 bits per heavy atom. The van der Waals surface area contributed by atoms with E-state index in [0.717, 1.165) is 52.0 Å². The zero-order chi connectivity index (χ0) is 18.4. The second-order valence-electron chi connectivity index (χ2n) is 7.06. The normalized spacial score (nSPS) is 22.8. The van der Waals surface area contributed by atoms with Gasteiger partial charge in [-0.2, -0.15) is 0 Å². The second-order valence-corrected chi connectivity index (χ2v) is 7.06. The van der Waals surface area contributed by atoms with Crippen LogP contribution in [0.1, 0.15) is 40.0 Å². The van der Waals surface area contributed by atoms with Gasteiger partial charge >= 0.3 is 6.09 Å². The Kier molecular flexibility index (Phi) is 7.50. The summed E-state index contributed by atoms with van der Waals surface area (Å²) >= 11 is 0. The molecule has 2 aliphatic rings. The lowest BCUT2D eigenvalue weighted by Gasteiger charge is -2.40. The van der Waals surface area contributed by atoms with E-state index in [9.17, 15) is 9.59 Å². The first-order valence-electron chi connectivity index (χ1n) is 9.56. The van der Waals surface area contributed by atoms with Crippen LogP contribution in [0, 0.1) is 0 Å². The number of nitrogens with zero attached hydrogens (tertiary/aromatic N) is 4. The lowest BCUT2D eigenvalue weighted by molar-refractivity contribution is -0.132. The first-order valence-corrected chi connectivity index (χ1v) is 9.56. The van der Waals surface area contributed by atoms with E-state index in [2.05, 4.69) is 16.7 Å². The molecule has 2 aliphatic heterocycles. The zero-order valence-corrected chi connectivity index (χ0v) is 16.2. The molecule has 2 saturated heterocycles. The summed E-state index contributed by atoms with van der Waals surface area (Å²) in [5, 5.41) is 0. The standard InChI is InChI=1S/C18H34N4O3/c1-5-20(18(24)25-4)14-19-10-7-17(13-19)21-11-8-16(9-12-21)22(6-2)15(3)23/h16-17H,5-14H2,1-4H3. The third kappa shape index (κ3) is 5.07. The van der Waals surface area contributed by atoms with Crippen LogP contribution in [0.2, 0.25) is 0 Å². The van der Waals surface area contributed by atoms with Gasteiger partial charge in [-0.1, -0.05) is 0 Å². The van der Waals surface area contributed by atoms with E-state index in [1.54, 1.807) is 11.8 Å². The Morgan fingerprint density at radius 2 is 1.76 bits per heavy atom. The molecular formula is C18H34N4O3. The van der Waals surface area contributed by atoms with Gasteiger partial charge in [0.15, 0.2) is 0 Å². The number of hydrogen-bond donors (Lipinski definition) is 0. The number of piperidine rings is 1. The molecule has 0 saturated carbocycles. The van der Waals surface area contributed by atoms with Crippen molar-refractivity contribution in [2.75, 3.05) is 53.0 Å². The summed E-state index contributed by atoms with van der Waals surface area (Å²) in [6.07, 6.45) is 3.02. The van der Waals surface area contributed by atoms with E-state index in [1.165, 1.54) is 7.11 Å². The molecule has 2 rings (SSSR count). The molecule has 0 aromatic carbocycles. The maximum Gasteiger partial charge on any atom is 0.410 e. The van der Waals surface area contributed by atoms with E-state index in [-0.39, 0.29) is 12.0 Å². The first-order chi connectivity index (χ1) is 12.0. The van der Waals surface area contributed by atoms with Gasteiger partial charge in [0.25, 0.3) is 0 Å². The predicted molar refractivity (Wildman–Crippen MR) is 97.3 cm³/mol. The van der Waals surface area contributed by atoms with Crippen LogP contribution in [-0.2, 0) is 9.53 Å². The highest BCUT2D eigenvalue weighted by atomic mass is 16.5. The average Bonchev–Trinajstić information content (AvgIpc) is 3.08. The molecule has 144 valence electrons. The number of hydrogen-bond acceptors (Lipinski definition) is 5. The number of amides is 2. The molecule has 2 heterocycles. The minimum Gasteiger partial charge on any atom is -0.453 e. The molecule has 2 fully saturated rings. The Hall–Kier alpha value is -1.34. The van der Waals surface area contributed by atoms with Crippen molar-refractivity contribution < 1.29 is 14.3 Å². The van der Waals surface area contributed by atoms with Crippen molar-refractivity contribution in [1.29, 1.82) is 0 Å². The van der Waals surface area contributed by atoms with E-state index in [4.69, 9.17) is 4.74 Å². The van der Waals surface area contributed by atoms with Gasteiger partial charge in [-0.05, 0) is 33.1 Å². The third-order valence-electron chi connectivity index (χ3n) is 5.63. The van der Waals surface area contributed by atoms with E-state index < -0.39 is 0 Å². The topological polar surface area (TPSA) is 56.3 Å². The van der Waals surface area contributed by atoms with Gasteiger partial charge in [0.1, 0.15) is 0 Å². The molecule has 2 amide bonds. The molecule has 1 atom stereocenters. The fraction of sp³-hybridized carbons (Fsp3) is 0.889. The van der Waals surface area contributed by atoms with Crippen LogP contribution in [0.25, 0.3) is 0 Å². The van der Waals surface area contributed by atoms with Crippen LogP contribution in [0.5, 0.6) is 0 Å². The number of carbonyl (C=O) groups is 2. The molecule has 0 aromatic heterocycles. The van der Waals surface area contributed by atoms with Crippen molar-refractivity contribution in [3.63, 3.8) is 0 Å². The second kappa shape index (κ2) is 9.38. The summed E-state index contributed by atoms with van der Waals surface area (Å²) in [5.41, 5.74) is 0. The van der Waals surface area contributed by atoms with Crippen LogP contribution in [0.4, 0.5) is 4.79 Å². The molecule has 1 unspecified atom stereocenters. The van der Waals surface area contributed by atoms with Gasteiger partial charge in [-0.15, -0.1) is 0 Å². The lowest BCUT2D eigenvalue weighted by atomic mass is 10.0. The van der Waals surface area contributed by atoms with Crippen LogP contribution in [0.15, 0.2) is 0 Å². The van der Waals surface area contributed by atoms with Gasteiger partial charge in [0.05, 0.1) is 13.8 Å². The smallest absolute Gasteiger partial charge is 0.410 e. The van der Waals surface area contributed by atoms with Crippen molar-refractivity contribution >= 4 is 12.0 Å². The van der Waals surface area contributed by atoms with Gasteiger partial charge in [-0.3, -0.25) is 19.5 Å². The Morgan fingerprint density at radius 1 is 1.08 bits per heavy atom. The highest BCUT2D eigenvalue weighted by molar-refractivity contribution is 5.73. The van der Waals surface area contributed by atoms with Gasteiger partial charge in [-0.25, -0.2) is 4.79 Å². The molecule has 0 bridgehead atoms. The molecular weight excluding hydrogens is 320 g/mol. The van der Waals surface area contributed by atoms with Crippen LogP contribution in [-0.4, -0.2) is 96.7 Å². The molecule has 0 radical (unpaired) electrons. The van der Waals surface area contributed by atoms with Crippen LogP contribution >= 0.6 is 0 Å². The highest BCUT2D eigenvalue weighted by Gasteiger charge is 2.33. The quantitative estimate of drug-likeness (QED) is 0.722. The highest BCUT2D eigenvalue weighted by Crippen LogP contribution is 2.23. The molecule has 7 heteroatoms. The molecule has 0 aromatic rings. The maximum atomic E-state index is 11.7. The Bertz CT molecular complexity index is 452. The molecule has 0 spiro atoms. The van der Waals surface area contributed by atoms with Gasteiger partial charge in [0, 0.05) is 58.3 Å². The SMILES string of the molecule is CCN(CN1CCC(N2CCC(N(CC)C(C)=O)CC2)C1)C(=O)OC. The number of ether oxygens (including phenoxy) is 1. The minimum absolute atomic E-state index is 0.190. The number of carbonyl (C=O) groups excluding carboxylic acids is 2. The fourth-order valence-electron chi connectivity index (χ4n) is 4.20. The summed E-state index contributed by atoms with van der Waals surface area (Å²) in [4.78, 5) is 32.1. The van der Waals surface area contributed by atoms with E-state index in [1.807, 2.05) is 11.8 Å². The largest absolute Gasteiger partial charge is 0.453 e. The summed E-state index contributed by atoms with van der Waals surface area (Å²) in [6.45, 7) is 12.0. The maximum absolute atomic E-state index is 11.7. The lowest BCUT2D eigenvalue weighted by Crippen LogP contribution is -2.50. The summed E-state index contributed by atoms with van der Waals surface area (Å²) in [7, 11) is 1.43. The monoisotopic (exact) mass is 354 g/mol. The predicted octanol–water partition coefficient (Wildman–Crippen LogP) is 1.44. The van der Waals surface area contributed by atoms with Gasteiger partial charge in [0.2, 0.25) is 5.91 Å². The van der Waals surface area contributed by atoms with Crippen molar-refractivity contribution in [1.82, 2.24) is 19.6 Å². The van der Waals surface area contributed by atoms with Crippen molar-refractivity contribution in [3.05, 3.63) is 0 Å². The molecule has 7 nitrogen and oxygen atoms in total. The average molecular weight is 354 g/mol. The molecule has 25 heavy (non-hydrogen) atoms. The molecule has 0 aliphatic carbocycles. The molecule has 0 N–H and O–H groups in total. The summed E-state index contributed by atoms with van der Waals surface area (Å²) in [6, 6.07) is 0.955. The minimum atomic E-state index is -0.254. The number of methoxy groups -OCH3 is 1. The van der Waals surface area contributed by atoms with Crippen LogP contribution < -0.4 is 0 Å². The fourth-order valence-corrected chi connectivity index (χ4v) is 4.20. The third-order valence-corrected chi connectivity index (χ3v) is 5.63. The summed E-state index contributed by atoms with van der Waals surface area (Å²) < 4.78 is 4.84. The van der Waals surface area contributed by atoms with Gasteiger partial charge < -0.3 is 9.64 Å². The van der Waals surface area contributed by atoms with Crippen molar-refractivity contribution in [3.8, 4) is 0 Å². The van der Waals surface area contributed by atoms with Crippen LogP contribution in [0.3, 0.4) is 0 Å². The van der Waals surface area contributed by atoms with E-state index >= 15 is 0 Å². The first kappa shape index (κ1) is 20.0. The van der Waals surface area contributed by atoms with E-state index in [0.29, 0.717) is 25.3 Å². The number of rotatable bonds is 6. The Balaban J connectivity index is 1.79. The summed E-state index contributed by atoms with van der Waals surface area (Å²) in [5.74, 6) is 0.190. The van der Waals surface area contributed by atoms with Crippen molar-refractivity contribution in [2.24, 2.45) is 0 Å². The number of likely N-dealkylation sites (tertiary alicyclic amines) is 2.